The topological polar surface area (TPSA) is 123 Å². The number of hydrogen-bond acceptors (Lipinski definition) is 8. The van der Waals surface area contributed by atoms with E-state index in [1.165, 1.54) is 24.0 Å². The molecule has 1 saturated heterocycles. The Bertz CT molecular complexity index is 1480. The lowest BCUT2D eigenvalue weighted by Crippen LogP contribution is -2.52. The van der Waals surface area contributed by atoms with Gasteiger partial charge < -0.3 is 25.5 Å². The number of thiazole rings is 1. The number of piperidine rings is 1. The lowest BCUT2D eigenvalue weighted by molar-refractivity contribution is -0.286. The summed E-state index contributed by atoms with van der Waals surface area (Å²) in [6.07, 6.45) is -8.55. The van der Waals surface area contributed by atoms with Crippen molar-refractivity contribution in [1.82, 2.24) is 14.9 Å². The number of likely N-dealkylation sites (tertiary alicyclic amines) is 1. The normalized spacial score (nSPS) is 21.8. The number of ether oxygens (including phenoxy) is 2. The Morgan fingerprint density at radius 3 is 2.58 bits per heavy atom. The van der Waals surface area contributed by atoms with E-state index < -0.39 is 66.4 Å². The molecule has 2 aliphatic heterocycles. The zero-order valence-corrected chi connectivity index (χ0v) is 21.1. The van der Waals surface area contributed by atoms with Gasteiger partial charge >= 0.3 is 12.5 Å². The Morgan fingerprint density at radius 2 is 1.90 bits per heavy atom. The third-order valence-electron chi connectivity index (χ3n) is 6.77. The van der Waals surface area contributed by atoms with Gasteiger partial charge in [0.25, 0.3) is 11.5 Å². The van der Waals surface area contributed by atoms with Crippen molar-refractivity contribution >= 4 is 32.6 Å². The number of nitrogens with zero attached hydrogens (tertiary/aromatic N) is 2. The van der Waals surface area contributed by atoms with E-state index in [1.807, 2.05) is 0 Å². The number of carbonyl (C=O) groups is 1. The van der Waals surface area contributed by atoms with Gasteiger partial charge in [0.2, 0.25) is 5.91 Å². The molecule has 0 aliphatic carbocycles. The van der Waals surface area contributed by atoms with Crippen molar-refractivity contribution < 1.29 is 45.0 Å². The number of aromatic amines is 1. The van der Waals surface area contributed by atoms with Crippen LogP contribution in [-0.2, 0) is 4.79 Å². The number of anilines is 1. The number of nitrogens with two attached hydrogens (primary N) is 1. The molecule has 17 heteroatoms. The Labute approximate surface area is 224 Å². The van der Waals surface area contributed by atoms with E-state index in [1.54, 1.807) is 0 Å². The van der Waals surface area contributed by atoms with E-state index in [9.17, 15) is 40.3 Å². The fraction of sp³-hybridized carbons (Fsp3) is 0.435. The minimum Gasteiger partial charge on any atom is -0.395 e. The Kier molecular flexibility index (Phi) is 6.74. The first-order valence-electron chi connectivity index (χ1n) is 11.7. The smallest absolute Gasteiger partial charge is 0.395 e. The lowest BCUT2D eigenvalue weighted by Gasteiger charge is -2.40. The molecule has 3 aromatic rings. The number of halogens is 7. The monoisotopic (exact) mass is 595 g/mol. The number of hydrogen-bond donors (Lipinski definition) is 3. The Hall–Kier alpha value is -3.44. The third kappa shape index (κ3) is 5.32. The Balaban J connectivity index is 1.32. The number of rotatable bonds is 5. The van der Waals surface area contributed by atoms with E-state index in [2.05, 4.69) is 24.8 Å². The molecule has 0 saturated carbocycles. The van der Waals surface area contributed by atoms with Crippen molar-refractivity contribution in [2.45, 2.75) is 49.7 Å². The second kappa shape index (κ2) is 9.59. The fourth-order valence-electron chi connectivity index (χ4n) is 4.56. The van der Waals surface area contributed by atoms with Crippen LogP contribution < -0.4 is 26.1 Å². The largest absolute Gasteiger partial charge is 0.586 e. The molecule has 4 heterocycles. The van der Waals surface area contributed by atoms with Crippen LogP contribution in [0.1, 0.15) is 36.4 Å². The second-order valence-corrected chi connectivity index (χ2v) is 10.4. The van der Waals surface area contributed by atoms with Crippen LogP contribution in [0.4, 0.5) is 35.9 Å². The van der Waals surface area contributed by atoms with Crippen molar-refractivity contribution in [3.8, 4) is 11.5 Å². The summed E-state index contributed by atoms with van der Waals surface area (Å²) in [5.74, 6) is -6.03. The molecular formula is C23H20F7N5O4S. The van der Waals surface area contributed by atoms with Gasteiger partial charge in [0.05, 0.1) is 22.2 Å². The molecule has 2 aromatic heterocycles. The second-order valence-electron chi connectivity index (χ2n) is 9.41. The minimum absolute atomic E-state index is 0.104. The number of pyridine rings is 1. The van der Waals surface area contributed by atoms with Gasteiger partial charge in [-0.05, 0) is 18.6 Å². The zero-order chi connectivity index (χ0) is 29.2. The highest BCUT2D eigenvalue weighted by Crippen LogP contribution is 2.45. The van der Waals surface area contributed by atoms with Gasteiger partial charge in [-0.15, -0.1) is 8.78 Å². The summed E-state index contributed by atoms with van der Waals surface area (Å²) in [5.41, 5.74) is 3.09. The van der Waals surface area contributed by atoms with Crippen molar-refractivity contribution in [3.63, 3.8) is 0 Å². The van der Waals surface area contributed by atoms with E-state index in [0.29, 0.717) is 4.70 Å². The zero-order valence-electron chi connectivity index (χ0n) is 20.3. The molecule has 1 amide bonds. The molecule has 0 bridgehead atoms. The Morgan fingerprint density at radius 1 is 1.23 bits per heavy atom. The first kappa shape index (κ1) is 28.1. The van der Waals surface area contributed by atoms with Gasteiger partial charge in [-0.2, -0.15) is 13.2 Å². The van der Waals surface area contributed by atoms with E-state index in [0.717, 1.165) is 23.6 Å². The number of fused-ring (bicyclic) bond motifs is 2. The molecule has 0 unspecified atom stereocenters. The molecular weight excluding hydrogens is 575 g/mol. The highest BCUT2D eigenvalue weighted by atomic mass is 32.1. The number of amides is 1. The summed E-state index contributed by atoms with van der Waals surface area (Å²) >= 11 is 0.961. The van der Waals surface area contributed by atoms with Crippen LogP contribution in [0.15, 0.2) is 29.2 Å². The molecule has 0 spiro atoms. The molecule has 0 radical (unpaired) electrons. The van der Waals surface area contributed by atoms with Crippen LogP contribution >= 0.6 is 11.3 Å². The van der Waals surface area contributed by atoms with Crippen LogP contribution in [0.2, 0.25) is 0 Å². The van der Waals surface area contributed by atoms with Gasteiger partial charge in [-0.25, -0.2) is 13.8 Å². The van der Waals surface area contributed by atoms with Crippen LogP contribution in [0, 0.1) is 0 Å². The van der Waals surface area contributed by atoms with E-state index in [-0.39, 0.29) is 34.3 Å². The molecule has 9 nitrogen and oxygen atoms in total. The fourth-order valence-corrected chi connectivity index (χ4v) is 5.44. The summed E-state index contributed by atoms with van der Waals surface area (Å²) in [5, 5.41) is 2.67. The predicted octanol–water partition coefficient (Wildman–Crippen LogP) is 4.32. The van der Waals surface area contributed by atoms with Gasteiger partial charge in [0.1, 0.15) is 6.04 Å². The number of alkyl halides is 7. The number of benzene rings is 1. The quantitative estimate of drug-likeness (QED) is 0.376. The van der Waals surface area contributed by atoms with E-state index >= 15 is 0 Å². The molecule has 3 atom stereocenters. The van der Waals surface area contributed by atoms with Gasteiger partial charge in [0.15, 0.2) is 16.6 Å². The first-order valence-corrected chi connectivity index (χ1v) is 12.5. The SMILES string of the molecule is C[C@@H](C(=O)Nc1nc2cc3c(cc2s1)OC(F)(F)O3)N1CCC(F)(F)[C@H](c2c[nH]c(=O)c([C@@H](N)C(F)(F)F)c2)C1. The predicted molar refractivity (Wildman–Crippen MR) is 128 cm³/mol. The summed E-state index contributed by atoms with van der Waals surface area (Å²) in [4.78, 5) is 32.6. The van der Waals surface area contributed by atoms with Crippen molar-refractivity contribution in [3.05, 3.63) is 45.9 Å². The van der Waals surface area contributed by atoms with Crippen molar-refractivity contribution in [2.24, 2.45) is 5.73 Å². The van der Waals surface area contributed by atoms with Crippen LogP contribution in [0.3, 0.4) is 0 Å². The van der Waals surface area contributed by atoms with Gasteiger partial charge in [-0.1, -0.05) is 11.3 Å². The molecule has 1 fully saturated rings. The first-order chi connectivity index (χ1) is 18.5. The van der Waals surface area contributed by atoms with Crippen LogP contribution in [0.5, 0.6) is 11.5 Å². The standard InChI is InChI=1S/C23H20F7N5O4S/c1-9(18(36)34-20-33-13-5-14-15(6-16(13)40-20)39-23(29,30)38-14)35-3-2-21(24,25)12(8-35)10-4-11(19(37)32-7-10)17(31)22(26,27)28/h4-7,9,12,17H,2-3,8,31H2,1H3,(H,32,37)(H,33,34,36)/t9-,12-,17+/m0/s1. The number of H-pyrrole nitrogens is 1. The van der Waals surface area contributed by atoms with E-state index in [4.69, 9.17) is 5.73 Å². The maximum Gasteiger partial charge on any atom is 0.586 e. The average molecular weight is 595 g/mol. The van der Waals surface area contributed by atoms with Crippen molar-refractivity contribution in [1.29, 1.82) is 0 Å². The van der Waals surface area contributed by atoms with Gasteiger partial charge in [-0.3, -0.25) is 14.5 Å². The summed E-state index contributed by atoms with van der Waals surface area (Å²) in [6.45, 7) is 0.842. The third-order valence-corrected chi connectivity index (χ3v) is 7.71. The molecule has 1 aromatic carbocycles. The molecule has 216 valence electrons. The van der Waals surface area contributed by atoms with Gasteiger partial charge in [0, 0.05) is 43.4 Å². The highest BCUT2D eigenvalue weighted by molar-refractivity contribution is 7.22. The summed E-state index contributed by atoms with van der Waals surface area (Å²) < 4.78 is 105. The molecule has 40 heavy (non-hydrogen) atoms. The maximum absolute atomic E-state index is 14.9. The minimum atomic E-state index is -4.97. The number of nitrogens with one attached hydrogen (secondary N) is 2. The van der Waals surface area contributed by atoms with Crippen LogP contribution in [0.25, 0.3) is 10.2 Å². The van der Waals surface area contributed by atoms with Crippen molar-refractivity contribution in [2.75, 3.05) is 18.4 Å². The summed E-state index contributed by atoms with van der Waals surface area (Å²) in [7, 11) is 0. The average Bonchev–Trinajstić information content (AvgIpc) is 3.37. The van der Waals surface area contributed by atoms with Crippen LogP contribution in [-0.4, -0.2) is 58.3 Å². The number of aromatic nitrogens is 2. The lowest BCUT2D eigenvalue weighted by atomic mass is 9.86. The highest BCUT2D eigenvalue weighted by Gasteiger charge is 2.48. The molecule has 5 rings (SSSR count). The molecule has 2 aliphatic rings. The molecule has 4 N–H and O–H groups in total. The summed E-state index contributed by atoms with van der Waals surface area (Å²) in [6, 6.07) is -0.407. The maximum atomic E-state index is 14.9. The number of carbonyl (C=O) groups excluding carboxylic acids is 1.